The fraction of sp³-hybridized carbons (Fsp3) is 0.556. The van der Waals surface area contributed by atoms with Crippen LogP contribution in [0.5, 0.6) is 0 Å². The van der Waals surface area contributed by atoms with Gasteiger partial charge < -0.3 is 15.5 Å². The van der Waals surface area contributed by atoms with Crippen LogP contribution in [0.3, 0.4) is 0 Å². The molecule has 2 N–H and O–H groups in total. The van der Waals surface area contributed by atoms with Gasteiger partial charge in [-0.3, -0.25) is 9.59 Å². The largest absolute Gasteiger partial charge is 0.349 e. The Kier molecular flexibility index (Phi) is 7.24. The van der Waals surface area contributed by atoms with Crippen LogP contribution in [0, 0.1) is 5.92 Å². The lowest BCUT2D eigenvalue weighted by Crippen LogP contribution is -2.42. The molecule has 1 saturated heterocycles. The van der Waals surface area contributed by atoms with Crippen molar-refractivity contribution in [2.24, 2.45) is 5.92 Å². The summed E-state index contributed by atoms with van der Waals surface area (Å²) in [6.45, 7) is 4.10. The number of halogens is 1. The highest BCUT2D eigenvalue weighted by molar-refractivity contribution is 9.10. The molecule has 1 aliphatic heterocycles. The van der Waals surface area contributed by atoms with Crippen molar-refractivity contribution < 1.29 is 9.59 Å². The molecule has 2 amide bonds. The molecule has 1 aliphatic rings. The Morgan fingerprint density at radius 1 is 1.25 bits per heavy atom. The molecule has 1 aromatic rings. The van der Waals surface area contributed by atoms with Gasteiger partial charge >= 0.3 is 0 Å². The number of rotatable bonds is 6. The molecule has 0 bridgehead atoms. The fourth-order valence-electron chi connectivity index (χ4n) is 3.17. The molecule has 24 heavy (non-hydrogen) atoms. The van der Waals surface area contributed by atoms with E-state index in [1.165, 1.54) is 6.92 Å². The number of benzene rings is 1. The molecular formula is C18H26BrN3O2. The Morgan fingerprint density at radius 3 is 2.42 bits per heavy atom. The van der Waals surface area contributed by atoms with Crippen LogP contribution < -0.4 is 10.6 Å². The van der Waals surface area contributed by atoms with E-state index >= 15 is 0 Å². The molecule has 0 saturated carbocycles. The van der Waals surface area contributed by atoms with Crippen molar-refractivity contribution in [3.63, 3.8) is 0 Å². The predicted octanol–water partition coefficient (Wildman–Crippen LogP) is 2.47. The van der Waals surface area contributed by atoms with E-state index in [4.69, 9.17) is 0 Å². The van der Waals surface area contributed by atoms with Crippen LogP contribution in [-0.4, -0.2) is 43.4 Å². The van der Waals surface area contributed by atoms with Crippen LogP contribution in [0.4, 0.5) is 0 Å². The first-order valence-electron chi connectivity index (χ1n) is 8.44. The molecule has 132 valence electrons. The van der Waals surface area contributed by atoms with Crippen LogP contribution in [0.2, 0.25) is 0 Å². The third-order valence-corrected chi connectivity index (χ3v) is 5.02. The Balaban J connectivity index is 1.97. The molecule has 1 aromatic carbocycles. The van der Waals surface area contributed by atoms with Gasteiger partial charge in [-0.2, -0.15) is 0 Å². The van der Waals surface area contributed by atoms with Gasteiger partial charge in [-0.15, -0.1) is 0 Å². The summed E-state index contributed by atoms with van der Waals surface area (Å²) in [5.41, 5.74) is 0.951. The molecule has 5 nitrogen and oxygen atoms in total. The summed E-state index contributed by atoms with van der Waals surface area (Å²) in [5, 5.41) is 6.11. The lowest BCUT2D eigenvalue weighted by molar-refractivity contribution is -0.133. The Hall–Kier alpha value is -1.40. The summed E-state index contributed by atoms with van der Waals surface area (Å²) in [5.74, 6) is 0.639. The van der Waals surface area contributed by atoms with Crippen molar-refractivity contribution in [3.8, 4) is 0 Å². The zero-order chi connectivity index (χ0) is 17.5. The first-order chi connectivity index (χ1) is 11.5. The molecule has 1 fully saturated rings. The van der Waals surface area contributed by atoms with Gasteiger partial charge in [0.2, 0.25) is 11.8 Å². The standard InChI is InChI=1S/C18H26BrN3O2/c1-13(23)21-17(15-3-5-16(19)6-4-15)11-18(24)22-9-7-14(8-10-22)12-20-2/h3-6,14,17,20H,7-12H2,1-2H3,(H,21,23). The van der Waals surface area contributed by atoms with E-state index < -0.39 is 0 Å². The van der Waals surface area contributed by atoms with Crippen molar-refractivity contribution >= 4 is 27.7 Å². The van der Waals surface area contributed by atoms with Crippen LogP contribution in [0.1, 0.15) is 37.8 Å². The molecule has 1 atom stereocenters. The summed E-state index contributed by atoms with van der Waals surface area (Å²) in [4.78, 5) is 26.1. The summed E-state index contributed by atoms with van der Waals surface area (Å²) in [6, 6.07) is 7.46. The molecule has 1 unspecified atom stereocenters. The monoisotopic (exact) mass is 395 g/mol. The quantitative estimate of drug-likeness (QED) is 0.777. The van der Waals surface area contributed by atoms with Gasteiger partial charge in [0.15, 0.2) is 0 Å². The van der Waals surface area contributed by atoms with Crippen molar-refractivity contribution in [2.45, 2.75) is 32.2 Å². The second-order valence-corrected chi connectivity index (χ2v) is 7.31. The van der Waals surface area contributed by atoms with Gasteiger partial charge in [0, 0.05) is 24.5 Å². The van der Waals surface area contributed by atoms with Crippen molar-refractivity contribution in [1.29, 1.82) is 0 Å². The third-order valence-electron chi connectivity index (χ3n) is 4.49. The molecule has 0 spiro atoms. The molecule has 0 aromatic heterocycles. The van der Waals surface area contributed by atoms with Crippen LogP contribution >= 0.6 is 15.9 Å². The van der Waals surface area contributed by atoms with E-state index in [-0.39, 0.29) is 17.9 Å². The van der Waals surface area contributed by atoms with Crippen molar-refractivity contribution in [3.05, 3.63) is 34.3 Å². The average Bonchev–Trinajstić information content (AvgIpc) is 2.55. The van der Waals surface area contributed by atoms with E-state index in [1.54, 1.807) is 0 Å². The first kappa shape index (κ1) is 18.9. The summed E-state index contributed by atoms with van der Waals surface area (Å²) in [6.07, 6.45) is 2.38. The topological polar surface area (TPSA) is 61.4 Å². The van der Waals surface area contributed by atoms with Gasteiger partial charge in [-0.25, -0.2) is 0 Å². The van der Waals surface area contributed by atoms with E-state index in [0.29, 0.717) is 12.3 Å². The number of amides is 2. The second-order valence-electron chi connectivity index (χ2n) is 6.39. The predicted molar refractivity (Wildman–Crippen MR) is 98.5 cm³/mol. The molecular weight excluding hydrogens is 370 g/mol. The van der Waals surface area contributed by atoms with Crippen molar-refractivity contribution in [1.82, 2.24) is 15.5 Å². The Labute approximate surface area is 152 Å². The Morgan fingerprint density at radius 2 is 1.88 bits per heavy atom. The molecule has 0 radical (unpaired) electrons. The SMILES string of the molecule is CNCC1CCN(C(=O)CC(NC(C)=O)c2ccc(Br)cc2)CC1. The van der Waals surface area contributed by atoms with E-state index in [1.807, 2.05) is 36.2 Å². The minimum absolute atomic E-state index is 0.111. The summed E-state index contributed by atoms with van der Waals surface area (Å²) in [7, 11) is 1.97. The van der Waals surface area contributed by atoms with Crippen molar-refractivity contribution in [2.75, 3.05) is 26.7 Å². The average molecular weight is 396 g/mol. The smallest absolute Gasteiger partial charge is 0.224 e. The third kappa shape index (κ3) is 5.60. The number of hydrogen-bond acceptors (Lipinski definition) is 3. The lowest BCUT2D eigenvalue weighted by atomic mass is 9.96. The molecule has 2 rings (SSSR count). The number of likely N-dealkylation sites (tertiary alicyclic amines) is 1. The highest BCUT2D eigenvalue weighted by Crippen LogP contribution is 2.23. The van der Waals surface area contributed by atoms with Gasteiger partial charge in [-0.05, 0) is 50.0 Å². The van der Waals surface area contributed by atoms with E-state index in [2.05, 4.69) is 26.6 Å². The maximum absolute atomic E-state index is 12.6. The fourth-order valence-corrected chi connectivity index (χ4v) is 3.44. The first-order valence-corrected chi connectivity index (χ1v) is 9.24. The maximum atomic E-state index is 12.6. The highest BCUT2D eigenvalue weighted by atomic mass is 79.9. The maximum Gasteiger partial charge on any atom is 0.224 e. The van der Waals surface area contributed by atoms with E-state index in [0.717, 1.165) is 42.5 Å². The summed E-state index contributed by atoms with van der Waals surface area (Å²) < 4.78 is 0.978. The van der Waals surface area contributed by atoms with Crippen LogP contribution in [0.25, 0.3) is 0 Å². The number of piperidine rings is 1. The molecule has 1 heterocycles. The summed E-state index contributed by atoms with van der Waals surface area (Å²) >= 11 is 3.41. The number of carbonyl (C=O) groups is 2. The van der Waals surface area contributed by atoms with Gasteiger partial charge in [0.05, 0.1) is 12.5 Å². The number of nitrogens with one attached hydrogen (secondary N) is 2. The number of carbonyl (C=O) groups excluding carboxylic acids is 2. The molecule has 0 aliphatic carbocycles. The normalized spacial score (nSPS) is 16.7. The zero-order valence-electron chi connectivity index (χ0n) is 14.3. The van der Waals surface area contributed by atoms with Gasteiger partial charge in [-0.1, -0.05) is 28.1 Å². The minimum Gasteiger partial charge on any atom is -0.349 e. The molecule has 6 heteroatoms. The van der Waals surface area contributed by atoms with Gasteiger partial charge in [0.25, 0.3) is 0 Å². The zero-order valence-corrected chi connectivity index (χ0v) is 15.9. The second kappa shape index (κ2) is 9.18. The number of nitrogens with zero attached hydrogens (tertiary/aromatic N) is 1. The van der Waals surface area contributed by atoms with Crippen LogP contribution in [-0.2, 0) is 9.59 Å². The number of hydrogen-bond donors (Lipinski definition) is 2. The highest BCUT2D eigenvalue weighted by Gasteiger charge is 2.25. The Bertz CT molecular complexity index is 554. The minimum atomic E-state index is -0.280. The van der Waals surface area contributed by atoms with Gasteiger partial charge in [0.1, 0.15) is 0 Å². The van der Waals surface area contributed by atoms with E-state index in [9.17, 15) is 9.59 Å². The lowest BCUT2D eigenvalue weighted by Gasteiger charge is -2.33. The van der Waals surface area contributed by atoms with Crippen LogP contribution in [0.15, 0.2) is 28.7 Å².